The van der Waals surface area contributed by atoms with E-state index in [0.717, 1.165) is 18.2 Å². The van der Waals surface area contributed by atoms with Crippen molar-refractivity contribution < 1.29 is 18.3 Å². The first-order valence-electron chi connectivity index (χ1n) is 7.23. The Morgan fingerprint density at radius 2 is 1.91 bits per heavy atom. The highest BCUT2D eigenvalue weighted by Gasteiger charge is 2.28. The average Bonchev–Trinajstić information content (AvgIpc) is 2.58. The second-order valence-electron chi connectivity index (χ2n) is 5.11. The molecule has 2 aromatic carbocycles. The first-order chi connectivity index (χ1) is 10.8. The largest absolute Gasteiger partial charge is 0.480 e. The van der Waals surface area contributed by atoms with Crippen molar-refractivity contribution in [2.45, 2.75) is 12.2 Å². The van der Waals surface area contributed by atoms with Crippen molar-refractivity contribution in [1.82, 2.24) is 5.32 Å². The van der Waals surface area contributed by atoms with Crippen molar-refractivity contribution in [3.8, 4) is 5.75 Å². The molecule has 1 aliphatic heterocycles. The van der Waals surface area contributed by atoms with Gasteiger partial charge in [-0.05, 0) is 17.7 Å². The zero-order valence-corrected chi connectivity index (χ0v) is 12.0. The van der Waals surface area contributed by atoms with E-state index >= 15 is 0 Å². The molecule has 0 bridgehead atoms. The van der Waals surface area contributed by atoms with E-state index in [0.29, 0.717) is 13.2 Å². The van der Waals surface area contributed by atoms with Crippen LogP contribution in [0.25, 0.3) is 0 Å². The summed E-state index contributed by atoms with van der Waals surface area (Å²) in [7, 11) is 0. The van der Waals surface area contributed by atoms with Gasteiger partial charge in [-0.1, -0.05) is 36.4 Å². The van der Waals surface area contributed by atoms with Gasteiger partial charge in [0.1, 0.15) is 6.10 Å². The molecule has 0 amide bonds. The van der Waals surface area contributed by atoms with Crippen molar-refractivity contribution in [2.24, 2.45) is 0 Å². The van der Waals surface area contributed by atoms with E-state index in [1.54, 1.807) is 0 Å². The Bertz CT molecular complexity index is 615. The average molecular weight is 305 g/mol. The molecule has 1 N–H and O–H groups in total. The van der Waals surface area contributed by atoms with Crippen LogP contribution in [0.1, 0.15) is 11.7 Å². The van der Waals surface area contributed by atoms with Gasteiger partial charge in [0.15, 0.2) is 17.7 Å². The molecule has 1 saturated heterocycles. The van der Waals surface area contributed by atoms with Crippen LogP contribution in [0.4, 0.5) is 8.78 Å². The van der Waals surface area contributed by atoms with E-state index in [-0.39, 0.29) is 11.9 Å². The molecule has 2 atom stereocenters. The number of hydrogen-bond acceptors (Lipinski definition) is 3. The number of ether oxygens (including phenoxy) is 2. The molecule has 1 fully saturated rings. The summed E-state index contributed by atoms with van der Waals surface area (Å²) in [4.78, 5) is 0. The van der Waals surface area contributed by atoms with Gasteiger partial charge in [-0.2, -0.15) is 4.39 Å². The fraction of sp³-hybridized carbons (Fsp3) is 0.294. The minimum atomic E-state index is -0.979. The van der Waals surface area contributed by atoms with Crippen LogP contribution < -0.4 is 10.1 Å². The molecule has 1 aliphatic rings. The van der Waals surface area contributed by atoms with Gasteiger partial charge in [0.25, 0.3) is 0 Å². The fourth-order valence-corrected chi connectivity index (χ4v) is 2.49. The molecule has 0 aliphatic carbocycles. The van der Waals surface area contributed by atoms with E-state index < -0.39 is 17.7 Å². The van der Waals surface area contributed by atoms with E-state index in [2.05, 4.69) is 5.32 Å². The van der Waals surface area contributed by atoms with Gasteiger partial charge in [0.05, 0.1) is 6.61 Å². The Morgan fingerprint density at radius 3 is 2.64 bits per heavy atom. The van der Waals surface area contributed by atoms with E-state index in [1.165, 1.54) is 12.1 Å². The maximum Gasteiger partial charge on any atom is 0.200 e. The number of halogens is 2. The molecule has 0 saturated carbocycles. The van der Waals surface area contributed by atoms with E-state index in [9.17, 15) is 8.78 Å². The summed E-state index contributed by atoms with van der Waals surface area (Å²) in [6.45, 7) is 1.92. The summed E-state index contributed by atoms with van der Waals surface area (Å²) >= 11 is 0. The first-order valence-corrected chi connectivity index (χ1v) is 7.23. The number of benzene rings is 2. The predicted molar refractivity (Wildman–Crippen MR) is 78.8 cm³/mol. The third kappa shape index (κ3) is 3.26. The van der Waals surface area contributed by atoms with Crippen LogP contribution in [0.3, 0.4) is 0 Å². The normalized spacial score (nSPS) is 19.6. The maximum absolute atomic E-state index is 13.9. The second-order valence-corrected chi connectivity index (χ2v) is 5.11. The lowest BCUT2D eigenvalue weighted by Gasteiger charge is -2.31. The quantitative estimate of drug-likeness (QED) is 0.941. The summed E-state index contributed by atoms with van der Waals surface area (Å²) < 4.78 is 38.8. The molecule has 0 spiro atoms. The minimum Gasteiger partial charge on any atom is -0.480 e. The number of morpholine rings is 1. The molecule has 0 radical (unpaired) electrons. The van der Waals surface area contributed by atoms with Gasteiger partial charge in [-0.25, -0.2) is 4.39 Å². The van der Waals surface area contributed by atoms with Crippen LogP contribution in [0.5, 0.6) is 5.75 Å². The van der Waals surface area contributed by atoms with E-state index in [1.807, 2.05) is 30.3 Å². The van der Waals surface area contributed by atoms with Crippen molar-refractivity contribution >= 4 is 0 Å². The van der Waals surface area contributed by atoms with Crippen LogP contribution in [-0.4, -0.2) is 25.8 Å². The third-order valence-electron chi connectivity index (χ3n) is 3.59. The lowest BCUT2D eigenvalue weighted by atomic mass is 10.0. The molecule has 0 aromatic heterocycles. The molecule has 0 unspecified atom stereocenters. The summed E-state index contributed by atoms with van der Waals surface area (Å²) in [5.74, 6) is -2.01. The molecule has 22 heavy (non-hydrogen) atoms. The van der Waals surface area contributed by atoms with Crippen molar-refractivity contribution in [3.05, 3.63) is 65.7 Å². The molecule has 5 heteroatoms. The monoisotopic (exact) mass is 305 g/mol. The zero-order valence-electron chi connectivity index (χ0n) is 12.0. The van der Waals surface area contributed by atoms with Gasteiger partial charge in [-0.15, -0.1) is 0 Å². The standard InChI is InChI=1S/C17H17F2NO2/c18-13-7-4-8-14(16(13)19)22-17(12-5-2-1-3-6-12)15-11-20-9-10-21-15/h1-8,15,17,20H,9-11H2/t15-,17-/m0/s1. The van der Waals surface area contributed by atoms with Crippen molar-refractivity contribution in [1.29, 1.82) is 0 Å². The predicted octanol–water partition coefficient (Wildman–Crippen LogP) is 3.07. The fourth-order valence-electron chi connectivity index (χ4n) is 2.49. The second kappa shape index (κ2) is 6.85. The third-order valence-corrected chi connectivity index (χ3v) is 3.59. The van der Waals surface area contributed by atoms with Crippen molar-refractivity contribution in [3.63, 3.8) is 0 Å². The van der Waals surface area contributed by atoms with Crippen LogP contribution in [0.2, 0.25) is 0 Å². The van der Waals surface area contributed by atoms with Gasteiger partial charge in [-0.3, -0.25) is 0 Å². The van der Waals surface area contributed by atoms with Crippen molar-refractivity contribution in [2.75, 3.05) is 19.7 Å². The lowest BCUT2D eigenvalue weighted by Crippen LogP contribution is -2.43. The number of hydrogen-bond donors (Lipinski definition) is 1. The molecule has 2 aromatic rings. The van der Waals surface area contributed by atoms with Crippen LogP contribution in [-0.2, 0) is 4.74 Å². The van der Waals surface area contributed by atoms with Crippen LogP contribution >= 0.6 is 0 Å². The Balaban J connectivity index is 1.89. The highest BCUT2D eigenvalue weighted by Crippen LogP contribution is 2.29. The number of nitrogens with one attached hydrogen (secondary N) is 1. The Morgan fingerprint density at radius 1 is 1.09 bits per heavy atom. The highest BCUT2D eigenvalue weighted by molar-refractivity contribution is 5.28. The topological polar surface area (TPSA) is 30.5 Å². The summed E-state index contributed by atoms with van der Waals surface area (Å²) in [5, 5.41) is 3.22. The smallest absolute Gasteiger partial charge is 0.200 e. The molecule has 3 nitrogen and oxygen atoms in total. The minimum absolute atomic E-state index is 0.108. The van der Waals surface area contributed by atoms with Gasteiger partial charge >= 0.3 is 0 Å². The van der Waals surface area contributed by atoms with E-state index in [4.69, 9.17) is 9.47 Å². The SMILES string of the molecule is Fc1cccc(O[C@@H](c2ccccc2)[C@@H]2CNCCO2)c1F. The molecular formula is C17H17F2NO2. The lowest BCUT2D eigenvalue weighted by molar-refractivity contribution is -0.0444. The molecule has 3 rings (SSSR count). The Hall–Kier alpha value is -1.98. The number of rotatable bonds is 4. The molecular weight excluding hydrogens is 288 g/mol. The molecule has 116 valence electrons. The summed E-state index contributed by atoms with van der Waals surface area (Å²) in [6, 6.07) is 13.3. The summed E-state index contributed by atoms with van der Waals surface area (Å²) in [5.41, 5.74) is 0.861. The summed E-state index contributed by atoms with van der Waals surface area (Å²) in [6.07, 6.45) is -0.774. The maximum atomic E-state index is 13.9. The highest BCUT2D eigenvalue weighted by atomic mass is 19.2. The van der Waals surface area contributed by atoms with Crippen LogP contribution in [0, 0.1) is 11.6 Å². The molecule has 1 heterocycles. The Labute approximate surface area is 127 Å². The van der Waals surface area contributed by atoms with Crippen LogP contribution in [0.15, 0.2) is 48.5 Å². The Kier molecular flexibility index (Phi) is 4.65. The van der Waals surface area contributed by atoms with Gasteiger partial charge in [0, 0.05) is 13.1 Å². The van der Waals surface area contributed by atoms with Gasteiger partial charge < -0.3 is 14.8 Å². The first kappa shape index (κ1) is 14.9. The zero-order chi connectivity index (χ0) is 15.4. The van der Waals surface area contributed by atoms with Gasteiger partial charge in [0.2, 0.25) is 5.82 Å².